The van der Waals surface area contributed by atoms with Gasteiger partial charge in [0, 0.05) is 22.5 Å². The van der Waals surface area contributed by atoms with Gasteiger partial charge in [0.1, 0.15) is 18.0 Å². The Kier molecular flexibility index (Phi) is 9.44. The number of aromatic nitrogens is 2. The van der Waals surface area contributed by atoms with Crippen molar-refractivity contribution in [3.05, 3.63) is 46.9 Å². The Hall–Kier alpha value is -2.21. The van der Waals surface area contributed by atoms with Crippen LogP contribution in [0.4, 0.5) is 15.9 Å². The second-order valence-electron chi connectivity index (χ2n) is 6.49. The van der Waals surface area contributed by atoms with Gasteiger partial charge in [-0.25, -0.2) is 27.5 Å². The van der Waals surface area contributed by atoms with Gasteiger partial charge in [-0.15, -0.1) is 12.4 Å². The molecule has 32 heavy (non-hydrogen) atoms. The van der Waals surface area contributed by atoms with Crippen LogP contribution in [-0.2, 0) is 10.0 Å². The van der Waals surface area contributed by atoms with Crippen molar-refractivity contribution in [2.24, 2.45) is 0 Å². The van der Waals surface area contributed by atoms with Crippen molar-refractivity contribution in [3.63, 3.8) is 0 Å². The molecule has 1 aromatic heterocycles. The maximum Gasteiger partial charge on any atom is 0.211 e. The molecule has 12 heteroatoms. The molecule has 0 unspecified atom stereocenters. The highest BCUT2D eigenvalue weighted by Gasteiger charge is 2.13. The highest BCUT2D eigenvalue weighted by atomic mass is 79.9. The molecule has 0 saturated heterocycles. The van der Waals surface area contributed by atoms with Crippen molar-refractivity contribution in [1.82, 2.24) is 14.7 Å². The van der Waals surface area contributed by atoms with Gasteiger partial charge in [-0.05, 0) is 37.6 Å². The van der Waals surface area contributed by atoms with Crippen LogP contribution in [0.2, 0.25) is 0 Å². The van der Waals surface area contributed by atoms with Crippen molar-refractivity contribution < 1.29 is 22.3 Å². The zero-order valence-electron chi connectivity index (χ0n) is 17.4. The minimum atomic E-state index is -3.23. The van der Waals surface area contributed by atoms with Crippen LogP contribution in [0, 0.1) is 5.82 Å². The van der Waals surface area contributed by atoms with Gasteiger partial charge < -0.3 is 14.8 Å². The van der Waals surface area contributed by atoms with Gasteiger partial charge in [0.05, 0.1) is 30.7 Å². The SMILES string of the molecule is CCS(=O)(=O)NCCCOc1cc2ncnc(Nc3ccc(Br)cc3F)c2cc1OC.Cl. The van der Waals surface area contributed by atoms with Crippen LogP contribution in [0.3, 0.4) is 0 Å². The van der Waals surface area contributed by atoms with E-state index < -0.39 is 15.8 Å². The van der Waals surface area contributed by atoms with Gasteiger partial charge in [-0.3, -0.25) is 0 Å². The summed E-state index contributed by atoms with van der Waals surface area (Å²) >= 11 is 3.23. The molecule has 0 radical (unpaired) electrons. The second-order valence-corrected chi connectivity index (χ2v) is 9.50. The Labute approximate surface area is 200 Å². The third-order valence-corrected chi connectivity index (χ3v) is 6.28. The summed E-state index contributed by atoms with van der Waals surface area (Å²) in [6.45, 7) is 2.14. The van der Waals surface area contributed by atoms with Crippen LogP contribution < -0.4 is 19.5 Å². The molecule has 0 amide bonds. The molecule has 1 heterocycles. The molecule has 3 aromatic rings. The number of nitrogens with one attached hydrogen (secondary N) is 2. The molecular formula is C20H23BrClFN4O4S. The average Bonchev–Trinajstić information content (AvgIpc) is 2.75. The Balaban J connectivity index is 0.00000363. The number of rotatable bonds is 10. The van der Waals surface area contributed by atoms with E-state index in [-0.39, 0.29) is 37.0 Å². The van der Waals surface area contributed by atoms with Crippen molar-refractivity contribution in [2.75, 3.05) is 31.3 Å². The number of nitrogens with zero attached hydrogens (tertiary/aromatic N) is 2. The second kappa shape index (κ2) is 11.6. The third-order valence-electron chi connectivity index (χ3n) is 4.39. The minimum absolute atomic E-state index is 0. The van der Waals surface area contributed by atoms with Gasteiger partial charge >= 0.3 is 0 Å². The molecule has 0 aliphatic carbocycles. The Bertz CT molecular complexity index is 1180. The standard InChI is InChI=1S/C20H22BrFN4O4S.ClH/c1-3-31(27,28)25-7-4-8-30-19-11-17-14(10-18(19)29-2)20(24-12-23-17)26-16-6-5-13(21)9-15(16)22;/h5-6,9-12,25H,3-4,7-8H2,1-2H3,(H,23,24,26);1H. The zero-order chi connectivity index (χ0) is 22.4. The Morgan fingerprint density at radius 1 is 1.16 bits per heavy atom. The first-order valence-electron chi connectivity index (χ1n) is 9.48. The number of hydrogen-bond donors (Lipinski definition) is 2. The number of anilines is 2. The lowest BCUT2D eigenvalue weighted by Crippen LogP contribution is -2.27. The molecule has 8 nitrogen and oxygen atoms in total. The maximum atomic E-state index is 14.2. The lowest BCUT2D eigenvalue weighted by molar-refractivity contribution is 0.290. The number of sulfonamides is 1. The van der Waals surface area contributed by atoms with Crippen LogP contribution in [0.5, 0.6) is 11.5 Å². The summed E-state index contributed by atoms with van der Waals surface area (Å²) in [5, 5.41) is 3.61. The number of benzene rings is 2. The fourth-order valence-electron chi connectivity index (χ4n) is 2.74. The van der Waals surface area contributed by atoms with E-state index in [1.807, 2.05) is 0 Å². The molecule has 174 valence electrons. The minimum Gasteiger partial charge on any atom is -0.493 e. The molecule has 0 aliphatic heterocycles. The molecule has 0 atom stereocenters. The van der Waals surface area contributed by atoms with Crippen molar-refractivity contribution in [1.29, 1.82) is 0 Å². The van der Waals surface area contributed by atoms with E-state index in [1.54, 1.807) is 31.2 Å². The van der Waals surface area contributed by atoms with E-state index in [2.05, 4.69) is 35.9 Å². The normalized spacial score (nSPS) is 11.1. The maximum absolute atomic E-state index is 14.2. The van der Waals surface area contributed by atoms with Gasteiger partial charge in [0.25, 0.3) is 0 Å². The molecule has 0 saturated carbocycles. The van der Waals surface area contributed by atoms with E-state index in [4.69, 9.17) is 9.47 Å². The van der Waals surface area contributed by atoms with E-state index in [0.717, 1.165) is 0 Å². The highest BCUT2D eigenvalue weighted by Crippen LogP contribution is 2.35. The molecule has 2 N–H and O–H groups in total. The fraction of sp³-hybridized carbons (Fsp3) is 0.300. The van der Waals surface area contributed by atoms with Crippen LogP contribution >= 0.6 is 28.3 Å². The number of hydrogen-bond acceptors (Lipinski definition) is 7. The molecule has 0 bridgehead atoms. The topological polar surface area (TPSA) is 102 Å². The smallest absolute Gasteiger partial charge is 0.211 e. The Morgan fingerprint density at radius 2 is 1.94 bits per heavy atom. The molecule has 0 aliphatic rings. The van der Waals surface area contributed by atoms with E-state index >= 15 is 0 Å². The summed E-state index contributed by atoms with van der Waals surface area (Å²) in [5.74, 6) is 0.951. The first-order valence-corrected chi connectivity index (χ1v) is 11.9. The van der Waals surface area contributed by atoms with Crippen LogP contribution in [0.15, 0.2) is 41.1 Å². The van der Waals surface area contributed by atoms with Crippen molar-refractivity contribution in [3.8, 4) is 11.5 Å². The predicted molar refractivity (Wildman–Crippen MR) is 128 cm³/mol. The largest absolute Gasteiger partial charge is 0.493 e. The predicted octanol–water partition coefficient (Wildman–Crippen LogP) is 4.41. The first-order chi connectivity index (χ1) is 14.8. The van der Waals surface area contributed by atoms with Crippen LogP contribution in [-0.4, -0.2) is 44.4 Å². The zero-order valence-corrected chi connectivity index (χ0v) is 20.6. The molecule has 0 fully saturated rings. The number of methoxy groups -OCH3 is 1. The fourth-order valence-corrected chi connectivity index (χ4v) is 3.73. The molecular weight excluding hydrogens is 527 g/mol. The summed E-state index contributed by atoms with van der Waals surface area (Å²) in [5.41, 5.74) is 0.856. The highest BCUT2D eigenvalue weighted by molar-refractivity contribution is 9.10. The lowest BCUT2D eigenvalue weighted by Gasteiger charge is -2.14. The number of ether oxygens (including phenoxy) is 2. The average molecular weight is 550 g/mol. The first kappa shape index (κ1) is 26.0. The quantitative estimate of drug-likeness (QED) is 0.361. The monoisotopic (exact) mass is 548 g/mol. The van der Waals surface area contributed by atoms with Gasteiger partial charge in [0.2, 0.25) is 10.0 Å². The summed E-state index contributed by atoms with van der Waals surface area (Å²) in [6, 6.07) is 8.11. The van der Waals surface area contributed by atoms with E-state index in [1.165, 1.54) is 19.5 Å². The summed E-state index contributed by atoms with van der Waals surface area (Å²) in [6.07, 6.45) is 1.86. The lowest BCUT2D eigenvalue weighted by atomic mass is 10.2. The van der Waals surface area contributed by atoms with Gasteiger partial charge in [-0.2, -0.15) is 0 Å². The molecule has 3 rings (SSSR count). The number of halogens is 3. The van der Waals surface area contributed by atoms with Crippen LogP contribution in [0.25, 0.3) is 10.9 Å². The van der Waals surface area contributed by atoms with E-state index in [9.17, 15) is 12.8 Å². The van der Waals surface area contributed by atoms with Gasteiger partial charge in [0.15, 0.2) is 11.5 Å². The Morgan fingerprint density at radius 3 is 2.62 bits per heavy atom. The van der Waals surface area contributed by atoms with Crippen molar-refractivity contribution in [2.45, 2.75) is 13.3 Å². The van der Waals surface area contributed by atoms with Crippen LogP contribution in [0.1, 0.15) is 13.3 Å². The number of fused-ring (bicyclic) bond motifs is 1. The third kappa shape index (κ3) is 6.64. The molecule has 2 aromatic carbocycles. The van der Waals surface area contributed by atoms with Gasteiger partial charge in [-0.1, -0.05) is 15.9 Å². The summed E-state index contributed by atoms with van der Waals surface area (Å²) in [4.78, 5) is 8.49. The van der Waals surface area contributed by atoms with E-state index in [0.29, 0.717) is 39.1 Å². The molecule has 0 spiro atoms. The van der Waals surface area contributed by atoms with Crippen molar-refractivity contribution >= 4 is 60.8 Å². The summed E-state index contributed by atoms with van der Waals surface area (Å²) in [7, 11) is -1.72. The summed E-state index contributed by atoms with van der Waals surface area (Å²) < 4.78 is 51.5.